The van der Waals surface area contributed by atoms with Crippen LogP contribution in [0.5, 0.6) is 0 Å². The van der Waals surface area contributed by atoms with E-state index >= 15 is 0 Å². The Labute approximate surface area is 165 Å². The molecule has 0 spiro atoms. The van der Waals surface area contributed by atoms with Crippen LogP contribution in [0, 0.1) is 10.1 Å². The summed E-state index contributed by atoms with van der Waals surface area (Å²) >= 11 is 0. The van der Waals surface area contributed by atoms with E-state index < -0.39 is 16.2 Å². The van der Waals surface area contributed by atoms with Crippen molar-refractivity contribution in [3.05, 3.63) is 69.0 Å². The lowest BCUT2D eigenvalue weighted by atomic mass is 10.1. The smallest absolute Gasteiger partial charge is 0.357 e. The van der Waals surface area contributed by atoms with Gasteiger partial charge in [-0.15, -0.1) is 0 Å². The van der Waals surface area contributed by atoms with Crippen LogP contribution in [0.2, 0.25) is 0 Å². The third kappa shape index (κ3) is 3.18. The summed E-state index contributed by atoms with van der Waals surface area (Å²) in [7, 11) is 1.53. The SMILES string of the molecule is Cn1c(=O)c([N+](=O)[O-])c(N2CCN(C(=O)c3cnccn3)CC2)c2ccccc21. The number of piperazine rings is 1. The van der Waals surface area contributed by atoms with Crippen LogP contribution in [-0.2, 0) is 7.05 Å². The Morgan fingerprint density at radius 1 is 1.14 bits per heavy atom. The Hall–Kier alpha value is -3.82. The molecule has 0 saturated carbocycles. The van der Waals surface area contributed by atoms with Crippen LogP contribution in [0.3, 0.4) is 0 Å². The number of aryl methyl sites for hydroxylation is 1. The second kappa shape index (κ2) is 7.30. The molecule has 3 aromatic rings. The van der Waals surface area contributed by atoms with E-state index in [2.05, 4.69) is 9.97 Å². The minimum absolute atomic E-state index is 0.235. The standard InChI is InChI=1S/C19H18N6O4/c1-22-15-5-3-2-4-13(15)16(17(19(22)27)25(28)29)23-8-10-24(11-9-23)18(26)14-12-20-6-7-21-14/h2-7,12H,8-11H2,1H3. The highest BCUT2D eigenvalue weighted by atomic mass is 16.6. The Morgan fingerprint density at radius 3 is 2.52 bits per heavy atom. The molecule has 0 N–H and O–H groups in total. The summed E-state index contributed by atoms with van der Waals surface area (Å²) in [4.78, 5) is 47.7. The molecule has 1 saturated heterocycles. The average Bonchev–Trinajstić information content (AvgIpc) is 2.76. The molecule has 0 atom stereocenters. The second-order valence-electron chi connectivity index (χ2n) is 6.71. The molecule has 29 heavy (non-hydrogen) atoms. The van der Waals surface area contributed by atoms with Crippen molar-refractivity contribution in [2.24, 2.45) is 7.05 Å². The third-order valence-electron chi connectivity index (χ3n) is 5.10. The molecular formula is C19H18N6O4. The molecule has 2 aromatic heterocycles. The van der Waals surface area contributed by atoms with Crippen LogP contribution in [0.15, 0.2) is 47.7 Å². The summed E-state index contributed by atoms with van der Waals surface area (Å²) < 4.78 is 1.30. The van der Waals surface area contributed by atoms with Gasteiger partial charge in [-0.25, -0.2) is 4.98 Å². The van der Waals surface area contributed by atoms with Gasteiger partial charge in [-0.05, 0) is 6.07 Å². The van der Waals surface area contributed by atoms with E-state index in [9.17, 15) is 19.7 Å². The van der Waals surface area contributed by atoms with Gasteiger partial charge in [-0.3, -0.25) is 24.7 Å². The molecule has 1 aliphatic rings. The average molecular weight is 394 g/mol. The molecule has 4 rings (SSSR count). The van der Waals surface area contributed by atoms with Crippen molar-refractivity contribution in [1.82, 2.24) is 19.4 Å². The molecule has 1 amide bonds. The van der Waals surface area contributed by atoms with E-state index in [1.165, 1.54) is 30.2 Å². The topological polar surface area (TPSA) is 114 Å². The van der Waals surface area contributed by atoms with Gasteiger partial charge >= 0.3 is 11.2 Å². The zero-order chi connectivity index (χ0) is 20.5. The number of carbonyl (C=O) groups is 1. The van der Waals surface area contributed by atoms with Gasteiger partial charge in [0.25, 0.3) is 5.91 Å². The van der Waals surface area contributed by atoms with Gasteiger partial charge in [0.05, 0.1) is 16.6 Å². The number of hydrogen-bond acceptors (Lipinski definition) is 7. The number of carbonyl (C=O) groups excluding carboxylic acids is 1. The fraction of sp³-hybridized carbons (Fsp3) is 0.263. The molecule has 148 valence electrons. The first kappa shape index (κ1) is 18.5. The normalized spacial score (nSPS) is 14.2. The minimum atomic E-state index is -0.651. The van der Waals surface area contributed by atoms with Gasteiger partial charge in [-0.2, -0.15) is 0 Å². The minimum Gasteiger partial charge on any atom is -0.362 e. The Bertz CT molecular complexity index is 1150. The van der Waals surface area contributed by atoms with Crippen molar-refractivity contribution in [3.63, 3.8) is 0 Å². The molecule has 10 nitrogen and oxygen atoms in total. The van der Waals surface area contributed by atoms with Crippen LogP contribution >= 0.6 is 0 Å². The summed E-state index contributed by atoms with van der Waals surface area (Å²) in [5, 5.41) is 12.4. The molecule has 10 heteroatoms. The molecular weight excluding hydrogens is 376 g/mol. The maximum absolute atomic E-state index is 12.7. The zero-order valence-electron chi connectivity index (χ0n) is 15.7. The summed E-state index contributed by atoms with van der Waals surface area (Å²) in [6, 6.07) is 7.11. The van der Waals surface area contributed by atoms with Gasteiger partial charge in [0.15, 0.2) is 0 Å². The van der Waals surface area contributed by atoms with E-state index in [4.69, 9.17) is 0 Å². The van der Waals surface area contributed by atoms with Crippen molar-refractivity contribution >= 4 is 28.2 Å². The molecule has 0 aliphatic carbocycles. The largest absolute Gasteiger partial charge is 0.362 e. The highest BCUT2D eigenvalue weighted by molar-refractivity contribution is 5.97. The number of nitrogens with zero attached hydrogens (tertiary/aromatic N) is 6. The highest BCUT2D eigenvalue weighted by Gasteiger charge is 2.31. The summed E-state index contributed by atoms with van der Waals surface area (Å²) in [5.74, 6) is -0.235. The van der Waals surface area contributed by atoms with Crippen LogP contribution in [0.1, 0.15) is 10.5 Å². The van der Waals surface area contributed by atoms with Gasteiger partial charge in [0.1, 0.15) is 11.4 Å². The first-order valence-corrected chi connectivity index (χ1v) is 9.05. The lowest BCUT2D eigenvalue weighted by molar-refractivity contribution is -0.385. The third-order valence-corrected chi connectivity index (χ3v) is 5.10. The Morgan fingerprint density at radius 2 is 1.86 bits per heavy atom. The maximum atomic E-state index is 12.7. The molecule has 1 aromatic carbocycles. The zero-order valence-corrected chi connectivity index (χ0v) is 15.7. The molecule has 1 fully saturated rings. The van der Waals surface area contributed by atoms with Crippen molar-refractivity contribution in [2.75, 3.05) is 31.1 Å². The van der Waals surface area contributed by atoms with Gasteiger partial charge in [-0.1, -0.05) is 18.2 Å². The van der Waals surface area contributed by atoms with Crippen molar-refractivity contribution < 1.29 is 9.72 Å². The quantitative estimate of drug-likeness (QED) is 0.484. The number of amides is 1. The number of nitro groups is 1. The van der Waals surface area contributed by atoms with Crippen LogP contribution in [0.25, 0.3) is 10.9 Å². The molecule has 0 unspecified atom stereocenters. The molecule has 1 aliphatic heterocycles. The van der Waals surface area contributed by atoms with Crippen molar-refractivity contribution in [2.45, 2.75) is 0 Å². The van der Waals surface area contributed by atoms with E-state index in [-0.39, 0.29) is 11.6 Å². The summed E-state index contributed by atoms with van der Waals surface area (Å²) in [6.45, 7) is 1.44. The van der Waals surface area contributed by atoms with E-state index in [0.717, 1.165) is 0 Å². The molecule has 0 radical (unpaired) electrons. The van der Waals surface area contributed by atoms with E-state index in [1.807, 2.05) is 4.90 Å². The Kier molecular flexibility index (Phi) is 4.67. The number of pyridine rings is 1. The van der Waals surface area contributed by atoms with Crippen molar-refractivity contribution in [1.29, 1.82) is 0 Å². The number of fused-ring (bicyclic) bond motifs is 1. The van der Waals surface area contributed by atoms with E-state index in [0.29, 0.717) is 42.8 Å². The second-order valence-corrected chi connectivity index (χ2v) is 6.71. The predicted octanol–water partition coefficient (Wildman–Crippen LogP) is 1.20. The summed E-state index contributed by atoms with van der Waals surface area (Å²) in [5.41, 5.74) is 0.0871. The van der Waals surface area contributed by atoms with Gasteiger partial charge < -0.3 is 14.4 Å². The maximum Gasteiger partial charge on any atom is 0.357 e. The van der Waals surface area contributed by atoms with Crippen LogP contribution in [0.4, 0.5) is 11.4 Å². The molecule has 3 heterocycles. The number of hydrogen-bond donors (Lipinski definition) is 0. The first-order valence-electron chi connectivity index (χ1n) is 9.05. The first-order chi connectivity index (χ1) is 14.0. The van der Waals surface area contributed by atoms with E-state index in [1.54, 1.807) is 29.2 Å². The lowest BCUT2D eigenvalue weighted by Gasteiger charge is -2.36. The number of para-hydroxylation sites is 1. The number of anilines is 1. The Balaban J connectivity index is 1.69. The highest BCUT2D eigenvalue weighted by Crippen LogP contribution is 2.33. The fourth-order valence-electron chi connectivity index (χ4n) is 3.65. The predicted molar refractivity (Wildman–Crippen MR) is 106 cm³/mol. The molecule has 0 bridgehead atoms. The van der Waals surface area contributed by atoms with Crippen LogP contribution < -0.4 is 10.5 Å². The number of benzene rings is 1. The monoisotopic (exact) mass is 394 g/mol. The number of rotatable bonds is 3. The lowest BCUT2D eigenvalue weighted by Crippen LogP contribution is -2.49. The number of aromatic nitrogens is 3. The van der Waals surface area contributed by atoms with Gasteiger partial charge in [0.2, 0.25) is 0 Å². The van der Waals surface area contributed by atoms with Crippen LogP contribution in [-0.4, -0.2) is 56.4 Å². The van der Waals surface area contributed by atoms with Crippen molar-refractivity contribution in [3.8, 4) is 0 Å². The summed E-state index contributed by atoms with van der Waals surface area (Å²) in [6.07, 6.45) is 4.36. The van der Waals surface area contributed by atoms with Gasteiger partial charge in [0, 0.05) is 51.0 Å². The fourth-order valence-corrected chi connectivity index (χ4v) is 3.65.